The molecule has 2 nitrogen and oxygen atoms in total. The largest absolute Gasteiger partial charge is 0.310 e. The van der Waals surface area contributed by atoms with E-state index in [1.807, 2.05) is 0 Å². The highest BCUT2D eigenvalue weighted by Crippen LogP contribution is 2.23. The molecule has 0 aliphatic carbocycles. The normalized spacial score (nSPS) is 14.6. The SMILES string of the molecule is Cc1cc(F)c([C@](C)(N)C#N)cc1F. The van der Waals surface area contributed by atoms with Crippen molar-refractivity contribution in [2.45, 2.75) is 19.4 Å². The molecule has 0 aromatic heterocycles. The van der Waals surface area contributed by atoms with Crippen molar-refractivity contribution in [3.63, 3.8) is 0 Å². The van der Waals surface area contributed by atoms with Crippen LogP contribution in [-0.2, 0) is 5.54 Å². The van der Waals surface area contributed by atoms with Crippen molar-refractivity contribution in [2.24, 2.45) is 5.73 Å². The molecular formula is C10H10F2N2. The van der Waals surface area contributed by atoms with Crippen LogP contribution in [0.2, 0.25) is 0 Å². The van der Waals surface area contributed by atoms with Crippen molar-refractivity contribution in [1.29, 1.82) is 5.26 Å². The smallest absolute Gasteiger partial charge is 0.129 e. The molecule has 0 radical (unpaired) electrons. The van der Waals surface area contributed by atoms with Crippen molar-refractivity contribution < 1.29 is 8.78 Å². The van der Waals surface area contributed by atoms with E-state index >= 15 is 0 Å². The Bertz CT molecular complexity index is 405. The lowest BCUT2D eigenvalue weighted by Gasteiger charge is -2.17. The Labute approximate surface area is 81.0 Å². The van der Waals surface area contributed by atoms with E-state index in [4.69, 9.17) is 11.0 Å². The quantitative estimate of drug-likeness (QED) is 0.746. The van der Waals surface area contributed by atoms with Gasteiger partial charge in [-0.25, -0.2) is 8.78 Å². The summed E-state index contributed by atoms with van der Waals surface area (Å²) < 4.78 is 26.4. The van der Waals surface area contributed by atoms with E-state index < -0.39 is 17.2 Å². The molecule has 0 fully saturated rings. The van der Waals surface area contributed by atoms with Crippen molar-refractivity contribution in [1.82, 2.24) is 0 Å². The van der Waals surface area contributed by atoms with Crippen LogP contribution in [0.25, 0.3) is 0 Å². The fraction of sp³-hybridized carbons (Fsp3) is 0.300. The first-order valence-corrected chi connectivity index (χ1v) is 4.04. The van der Waals surface area contributed by atoms with Crippen LogP contribution in [0.3, 0.4) is 0 Å². The average Bonchev–Trinajstić information content (AvgIpc) is 2.11. The molecule has 1 rings (SSSR count). The highest BCUT2D eigenvalue weighted by molar-refractivity contribution is 5.34. The zero-order chi connectivity index (χ0) is 10.9. The number of nitriles is 1. The van der Waals surface area contributed by atoms with Gasteiger partial charge >= 0.3 is 0 Å². The molecule has 0 aliphatic heterocycles. The first-order chi connectivity index (χ1) is 6.38. The van der Waals surface area contributed by atoms with Gasteiger partial charge in [-0.1, -0.05) is 0 Å². The maximum absolute atomic E-state index is 13.3. The van der Waals surface area contributed by atoms with Gasteiger partial charge in [0.05, 0.1) is 6.07 Å². The second kappa shape index (κ2) is 3.35. The van der Waals surface area contributed by atoms with Gasteiger partial charge in [0, 0.05) is 5.56 Å². The number of halogens is 2. The van der Waals surface area contributed by atoms with Crippen LogP contribution in [0.5, 0.6) is 0 Å². The average molecular weight is 196 g/mol. The minimum absolute atomic E-state index is 0.122. The third-order valence-corrected chi connectivity index (χ3v) is 2.04. The van der Waals surface area contributed by atoms with Gasteiger partial charge in [-0.3, -0.25) is 0 Å². The van der Waals surface area contributed by atoms with E-state index in [9.17, 15) is 8.78 Å². The topological polar surface area (TPSA) is 49.8 Å². The summed E-state index contributed by atoms with van der Waals surface area (Å²) in [6, 6.07) is 3.72. The van der Waals surface area contributed by atoms with Crippen molar-refractivity contribution in [3.8, 4) is 6.07 Å². The molecule has 4 heteroatoms. The molecule has 14 heavy (non-hydrogen) atoms. The number of nitrogens with two attached hydrogens (primary N) is 1. The number of aryl methyl sites for hydroxylation is 1. The van der Waals surface area contributed by atoms with Crippen molar-refractivity contribution >= 4 is 0 Å². The lowest BCUT2D eigenvalue weighted by Crippen LogP contribution is -2.32. The summed E-state index contributed by atoms with van der Waals surface area (Å²) in [6.45, 7) is 2.78. The molecule has 2 N–H and O–H groups in total. The Kier molecular flexibility index (Phi) is 2.54. The zero-order valence-electron chi connectivity index (χ0n) is 7.94. The highest BCUT2D eigenvalue weighted by atomic mass is 19.1. The Balaban J connectivity index is 3.38. The predicted molar refractivity (Wildman–Crippen MR) is 48.2 cm³/mol. The molecule has 74 valence electrons. The van der Waals surface area contributed by atoms with Crippen LogP contribution in [0.4, 0.5) is 8.78 Å². The van der Waals surface area contributed by atoms with Crippen LogP contribution in [0.15, 0.2) is 12.1 Å². The number of hydrogen-bond acceptors (Lipinski definition) is 2. The second-order valence-corrected chi connectivity index (χ2v) is 3.40. The van der Waals surface area contributed by atoms with E-state index in [0.29, 0.717) is 0 Å². The van der Waals surface area contributed by atoms with E-state index in [1.165, 1.54) is 13.8 Å². The van der Waals surface area contributed by atoms with Crippen LogP contribution in [0, 0.1) is 29.9 Å². The van der Waals surface area contributed by atoms with Gasteiger partial charge in [-0.2, -0.15) is 5.26 Å². The van der Waals surface area contributed by atoms with Gasteiger partial charge in [0.2, 0.25) is 0 Å². The summed E-state index contributed by atoms with van der Waals surface area (Å²) in [5.41, 5.74) is 4.06. The van der Waals surface area contributed by atoms with E-state index in [-0.39, 0.29) is 11.1 Å². The minimum Gasteiger partial charge on any atom is -0.310 e. The molecule has 1 aromatic carbocycles. The van der Waals surface area contributed by atoms with Gasteiger partial charge < -0.3 is 5.73 Å². The van der Waals surface area contributed by atoms with Crippen molar-refractivity contribution in [3.05, 3.63) is 34.9 Å². The fourth-order valence-electron chi connectivity index (χ4n) is 1.10. The molecule has 0 saturated carbocycles. The van der Waals surface area contributed by atoms with Crippen molar-refractivity contribution in [2.75, 3.05) is 0 Å². The van der Waals surface area contributed by atoms with E-state index in [2.05, 4.69) is 0 Å². The maximum atomic E-state index is 13.3. The summed E-state index contributed by atoms with van der Waals surface area (Å²) in [5.74, 6) is -1.22. The summed E-state index contributed by atoms with van der Waals surface area (Å²) in [6.07, 6.45) is 0. The molecule has 0 spiro atoms. The van der Waals surface area contributed by atoms with Crippen LogP contribution < -0.4 is 5.73 Å². The van der Waals surface area contributed by atoms with E-state index in [1.54, 1.807) is 6.07 Å². The molecule has 0 bridgehead atoms. The van der Waals surface area contributed by atoms with Crippen LogP contribution >= 0.6 is 0 Å². The number of nitrogens with zero attached hydrogens (tertiary/aromatic N) is 1. The zero-order valence-corrected chi connectivity index (χ0v) is 7.94. The lowest BCUT2D eigenvalue weighted by atomic mass is 9.93. The molecule has 0 heterocycles. The lowest BCUT2D eigenvalue weighted by molar-refractivity contribution is 0.532. The summed E-state index contributed by atoms with van der Waals surface area (Å²) in [4.78, 5) is 0. The summed E-state index contributed by atoms with van der Waals surface area (Å²) >= 11 is 0. The fourth-order valence-corrected chi connectivity index (χ4v) is 1.10. The Morgan fingerprint density at radius 1 is 1.36 bits per heavy atom. The summed E-state index contributed by atoms with van der Waals surface area (Å²) in [5, 5.41) is 8.67. The molecule has 0 saturated heterocycles. The Morgan fingerprint density at radius 3 is 2.43 bits per heavy atom. The third-order valence-electron chi connectivity index (χ3n) is 2.04. The Hall–Kier alpha value is -1.47. The molecule has 0 amide bonds. The number of hydrogen-bond donors (Lipinski definition) is 1. The van der Waals surface area contributed by atoms with Gasteiger partial charge in [-0.05, 0) is 31.5 Å². The first-order valence-electron chi connectivity index (χ1n) is 4.04. The molecular weight excluding hydrogens is 186 g/mol. The summed E-state index contributed by atoms with van der Waals surface area (Å²) in [7, 11) is 0. The van der Waals surface area contributed by atoms with Gasteiger partial charge in [0.1, 0.15) is 17.2 Å². The second-order valence-electron chi connectivity index (χ2n) is 3.40. The standard InChI is InChI=1S/C10H10F2N2/c1-6-3-9(12)7(4-8(6)11)10(2,14)5-13/h3-4H,14H2,1-2H3/t10-/m1/s1. The number of rotatable bonds is 1. The maximum Gasteiger partial charge on any atom is 0.129 e. The molecule has 1 aromatic rings. The highest BCUT2D eigenvalue weighted by Gasteiger charge is 2.25. The van der Waals surface area contributed by atoms with Crippen LogP contribution in [0.1, 0.15) is 18.1 Å². The van der Waals surface area contributed by atoms with E-state index in [0.717, 1.165) is 12.1 Å². The Morgan fingerprint density at radius 2 is 1.93 bits per heavy atom. The third kappa shape index (κ3) is 1.73. The monoisotopic (exact) mass is 196 g/mol. The predicted octanol–water partition coefficient (Wildman–Crippen LogP) is 1.97. The van der Waals surface area contributed by atoms with Gasteiger partial charge in [-0.15, -0.1) is 0 Å². The molecule has 1 atom stereocenters. The molecule has 0 unspecified atom stereocenters. The minimum atomic E-state index is -1.50. The number of benzene rings is 1. The first kappa shape index (κ1) is 10.6. The van der Waals surface area contributed by atoms with Gasteiger partial charge in [0.15, 0.2) is 0 Å². The van der Waals surface area contributed by atoms with Gasteiger partial charge in [0.25, 0.3) is 0 Å². The molecule has 0 aliphatic rings. The van der Waals surface area contributed by atoms with Crippen LogP contribution in [-0.4, -0.2) is 0 Å².